The second-order valence-corrected chi connectivity index (χ2v) is 6.69. The molecule has 3 nitrogen and oxygen atoms in total. The number of benzene rings is 2. The molecule has 0 radical (unpaired) electrons. The van der Waals surface area contributed by atoms with Gasteiger partial charge >= 0.3 is 0 Å². The fourth-order valence-corrected chi connectivity index (χ4v) is 2.18. The highest BCUT2D eigenvalue weighted by molar-refractivity contribution is 6.30. The summed E-state index contributed by atoms with van der Waals surface area (Å²) in [6.45, 7) is 5.52. The number of hydrogen-bond acceptors (Lipinski definition) is 2. The summed E-state index contributed by atoms with van der Waals surface area (Å²) < 4.78 is 0. The van der Waals surface area contributed by atoms with Crippen molar-refractivity contribution in [2.75, 3.05) is 5.32 Å². The molecule has 0 aliphatic heterocycles. The number of carbonyl (C=O) groups excluding carboxylic acids is 1. The van der Waals surface area contributed by atoms with Crippen molar-refractivity contribution in [3.8, 4) is 0 Å². The van der Waals surface area contributed by atoms with E-state index in [1.54, 1.807) is 18.2 Å². The van der Waals surface area contributed by atoms with Crippen LogP contribution in [0.15, 0.2) is 48.5 Å². The second-order valence-electron chi connectivity index (χ2n) is 6.25. The van der Waals surface area contributed by atoms with Gasteiger partial charge in [-0.25, -0.2) is 0 Å². The van der Waals surface area contributed by atoms with Crippen molar-refractivity contribution in [3.63, 3.8) is 0 Å². The lowest BCUT2D eigenvalue weighted by Gasteiger charge is -2.21. The zero-order chi connectivity index (χ0) is 16.3. The van der Waals surface area contributed by atoms with E-state index in [4.69, 9.17) is 11.6 Å². The zero-order valence-corrected chi connectivity index (χ0v) is 13.7. The van der Waals surface area contributed by atoms with Crippen LogP contribution in [-0.2, 0) is 4.79 Å². The largest absolute Gasteiger partial charge is 0.384 e. The molecule has 0 aromatic heterocycles. The Bertz CT molecular complexity index is 663. The number of carbonyl (C=O) groups is 1. The predicted octanol–water partition coefficient (Wildman–Crippen LogP) is 4.41. The molecule has 116 valence electrons. The maximum absolute atomic E-state index is 12.2. The third kappa shape index (κ3) is 3.87. The van der Waals surface area contributed by atoms with E-state index in [0.717, 1.165) is 5.56 Å². The van der Waals surface area contributed by atoms with E-state index in [0.29, 0.717) is 16.3 Å². The van der Waals surface area contributed by atoms with E-state index in [1.165, 1.54) is 0 Å². The third-order valence-corrected chi connectivity index (χ3v) is 3.59. The number of aliphatic hydroxyl groups is 1. The number of nitrogens with one attached hydrogen (secondary N) is 1. The van der Waals surface area contributed by atoms with Gasteiger partial charge in [0.15, 0.2) is 0 Å². The first-order valence-corrected chi connectivity index (χ1v) is 7.51. The van der Waals surface area contributed by atoms with Gasteiger partial charge in [0.05, 0.1) is 0 Å². The third-order valence-electron chi connectivity index (χ3n) is 3.35. The molecule has 1 atom stereocenters. The van der Waals surface area contributed by atoms with Crippen molar-refractivity contribution in [1.29, 1.82) is 0 Å². The highest BCUT2D eigenvalue weighted by atomic mass is 35.5. The quantitative estimate of drug-likeness (QED) is 0.881. The fourth-order valence-electron chi connectivity index (χ4n) is 2.00. The van der Waals surface area contributed by atoms with Crippen LogP contribution in [0, 0.1) is 5.41 Å². The SMILES string of the molecule is CC(C)(C)C(=O)Nc1ccc(Cl)cc1[C@@H](O)c1ccccc1. The minimum atomic E-state index is -0.852. The monoisotopic (exact) mass is 317 g/mol. The smallest absolute Gasteiger partial charge is 0.229 e. The minimum Gasteiger partial charge on any atom is -0.384 e. The van der Waals surface area contributed by atoms with Gasteiger partial charge < -0.3 is 10.4 Å². The minimum absolute atomic E-state index is 0.115. The summed E-state index contributed by atoms with van der Waals surface area (Å²) in [5.74, 6) is -0.115. The van der Waals surface area contributed by atoms with Crippen LogP contribution in [0.25, 0.3) is 0 Å². The molecule has 0 fully saturated rings. The summed E-state index contributed by atoms with van der Waals surface area (Å²) in [5, 5.41) is 14.0. The Morgan fingerprint density at radius 2 is 1.77 bits per heavy atom. The van der Waals surface area contributed by atoms with Crippen molar-refractivity contribution >= 4 is 23.2 Å². The molecule has 2 aromatic carbocycles. The van der Waals surface area contributed by atoms with E-state index in [2.05, 4.69) is 5.32 Å². The summed E-state index contributed by atoms with van der Waals surface area (Å²) in [6.07, 6.45) is -0.852. The van der Waals surface area contributed by atoms with Gasteiger partial charge in [-0.05, 0) is 23.8 Å². The molecule has 0 bridgehead atoms. The Hall–Kier alpha value is -1.84. The molecule has 0 aliphatic rings. The average molecular weight is 318 g/mol. The number of hydrogen-bond donors (Lipinski definition) is 2. The lowest BCUT2D eigenvalue weighted by molar-refractivity contribution is -0.123. The maximum Gasteiger partial charge on any atom is 0.229 e. The Morgan fingerprint density at radius 3 is 2.36 bits per heavy atom. The van der Waals surface area contributed by atoms with Crippen LogP contribution >= 0.6 is 11.6 Å². The summed E-state index contributed by atoms with van der Waals surface area (Å²) in [4.78, 5) is 12.2. The Balaban J connectivity index is 2.38. The first-order chi connectivity index (χ1) is 10.3. The zero-order valence-electron chi connectivity index (χ0n) is 12.9. The molecule has 0 aliphatic carbocycles. The summed E-state index contributed by atoms with van der Waals surface area (Å²) >= 11 is 6.05. The molecule has 2 aromatic rings. The van der Waals surface area contributed by atoms with Gasteiger partial charge in [0.1, 0.15) is 6.10 Å². The standard InChI is InChI=1S/C18H20ClNO2/c1-18(2,3)17(22)20-15-10-9-13(19)11-14(15)16(21)12-7-5-4-6-8-12/h4-11,16,21H,1-3H3,(H,20,22)/t16-/m0/s1. The molecular weight excluding hydrogens is 298 g/mol. The molecule has 22 heavy (non-hydrogen) atoms. The van der Waals surface area contributed by atoms with Crippen molar-refractivity contribution in [1.82, 2.24) is 0 Å². The number of aliphatic hydroxyl groups excluding tert-OH is 1. The van der Waals surface area contributed by atoms with Gasteiger partial charge in [0.2, 0.25) is 5.91 Å². The normalized spacial score (nSPS) is 12.8. The van der Waals surface area contributed by atoms with Gasteiger partial charge in [-0.1, -0.05) is 62.7 Å². The highest BCUT2D eigenvalue weighted by Crippen LogP contribution is 2.31. The molecule has 1 amide bonds. The molecule has 0 saturated heterocycles. The average Bonchev–Trinajstić information content (AvgIpc) is 2.48. The van der Waals surface area contributed by atoms with Gasteiger partial charge in [-0.15, -0.1) is 0 Å². The summed E-state index contributed by atoms with van der Waals surface area (Å²) in [7, 11) is 0. The second kappa shape index (κ2) is 6.51. The Kier molecular flexibility index (Phi) is 4.89. The molecule has 4 heteroatoms. The number of amides is 1. The molecule has 0 unspecified atom stereocenters. The van der Waals surface area contributed by atoms with Crippen LogP contribution in [0.4, 0.5) is 5.69 Å². The topological polar surface area (TPSA) is 49.3 Å². The van der Waals surface area contributed by atoms with Crippen LogP contribution < -0.4 is 5.32 Å². The molecule has 0 spiro atoms. The van der Waals surface area contributed by atoms with Crippen molar-refractivity contribution in [2.24, 2.45) is 5.41 Å². The summed E-state index contributed by atoms with van der Waals surface area (Å²) in [5.41, 5.74) is 1.38. The predicted molar refractivity (Wildman–Crippen MR) is 90.0 cm³/mol. The van der Waals surface area contributed by atoms with Gasteiger partial charge in [-0.2, -0.15) is 0 Å². The molecule has 2 rings (SSSR count). The molecule has 0 heterocycles. The number of anilines is 1. The Labute approximate surface area is 135 Å². The van der Waals surface area contributed by atoms with E-state index in [9.17, 15) is 9.90 Å². The first kappa shape index (κ1) is 16.5. The fraction of sp³-hybridized carbons (Fsp3) is 0.278. The van der Waals surface area contributed by atoms with Crippen LogP contribution in [0.1, 0.15) is 38.0 Å². The van der Waals surface area contributed by atoms with Crippen LogP contribution in [0.3, 0.4) is 0 Å². The first-order valence-electron chi connectivity index (χ1n) is 7.13. The van der Waals surface area contributed by atoms with E-state index >= 15 is 0 Å². The molecule has 2 N–H and O–H groups in total. The van der Waals surface area contributed by atoms with Gasteiger partial charge in [0, 0.05) is 21.7 Å². The van der Waals surface area contributed by atoms with Crippen LogP contribution in [0.5, 0.6) is 0 Å². The van der Waals surface area contributed by atoms with Crippen LogP contribution in [-0.4, -0.2) is 11.0 Å². The lowest BCUT2D eigenvalue weighted by atomic mass is 9.94. The number of halogens is 1. The van der Waals surface area contributed by atoms with Crippen molar-refractivity contribution in [3.05, 3.63) is 64.7 Å². The molecule has 0 saturated carbocycles. The highest BCUT2D eigenvalue weighted by Gasteiger charge is 2.23. The number of rotatable bonds is 3. The van der Waals surface area contributed by atoms with Crippen LogP contribution in [0.2, 0.25) is 5.02 Å². The molecular formula is C18H20ClNO2. The van der Waals surface area contributed by atoms with Gasteiger partial charge in [-0.3, -0.25) is 4.79 Å². The van der Waals surface area contributed by atoms with Crippen molar-refractivity contribution in [2.45, 2.75) is 26.9 Å². The summed E-state index contributed by atoms with van der Waals surface area (Å²) in [6, 6.07) is 14.4. The van der Waals surface area contributed by atoms with Crippen molar-refractivity contribution < 1.29 is 9.90 Å². The maximum atomic E-state index is 12.2. The lowest BCUT2D eigenvalue weighted by Crippen LogP contribution is -2.28. The van der Waals surface area contributed by atoms with E-state index < -0.39 is 11.5 Å². The Morgan fingerprint density at radius 1 is 1.14 bits per heavy atom. The van der Waals surface area contributed by atoms with Gasteiger partial charge in [0.25, 0.3) is 0 Å². The van der Waals surface area contributed by atoms with E-state index in [1.807, 2.05) is 51.1 Å². The van der Waals surface area contributed by atoms with E-state index in [-0.39, 0.29) is 5.91 Å².